The van der Waals surface area contributed by atoms with Crippen molar-refractivity contribution in [1.29, 1.82) is 0 Å². The second-order valence-corrected chi connectivity index (χ2v) is 6.54. The molecule has 0 radical (unpaired) electrons. The summed E-state index contributed by atoms with van der Waals surface area (Å²) in [5.41, 5.74) is 0. The molecule has 0 saturated carbocycles. The smallest absolute Gasteiger partial charge is 0.183 e. The zero-order valence-electron chi connectivity index (χ0n) is 9.24. The Balaban J connectivity index is 2.08. The first-order chi connectivity index (χ1) is 8.10. The topological polar surface area (TPSA) is 33.4 Å². The Morgan fingerprint density at radius 3 is 2.59 bits per heavy atom. The Morgan fingerprint density at radius 1 is 1.35 bits per heavy atom. The lowest BCUT2D eigenvalue weighted by molar-refractivity contribution is 0.149. The first-order valence-electron chi connectivity index (χ1n) is 5.30. The fourth-order valence-electron chi connectivity index (χ4n) is 1.54. The van der Waals surface area contributed by atoms with Gasteiger partial charge in [0.15, 0.2) is 4.67 Å². The van der Waals surface area contributed by atoms with E-state index >= 15 is 0 Å². The van der Waals surface area contributed by atoms with E-state index in [0.717, 1.165) is 10.9 Å². The molecule has 1 unspecified atom stereocenters. The average molecular weight is 380 g/mol. The van der Waals surface area contributed by atoms with Gasteiger partial charge >= 0.3 is 0 Å². The standard InChI is InChI=1S/C12H12Br2O2S/c1-2-7-3-4-8(17-7)5-10(15)11-6-9(13)12(14)16-11/h3-4,6,10,15H,2,5H2,1H3. The minimum atomic E-state index is -0.596. The highest BCUT2D eigenvalue weighted by Gasteiger charge is 2.16. The molecule has 2 rings (SSSR count). The molecule has 1 atom stereocenters. The van der Waals surface area contributed by atoms with Crippen molar-refractivity contribution in [2.24, 2.45) is 0 Å². The fourth-order valence-corrected chi connectivity index (χ4v) is 3.14. The summed E-state index contributed by atoms with van der Waals surface area (Å²) in [4.78, 5) is 2.52. The van der Waals surface area contributed by atoms with Crippen LogP contribution in [0.25, 0.3) is 0 Å². The van der Waals surface area contributed by atoms with Crippen molar-refractivity contribution in [3.63, 3.8) is 0 Å². The van der Waals surface area contributed by atoms with Gasteiger partial charge in [-0.25, -0.2) is 0 Å². The number of rotatable bonds is 4. The van der Waals surface area contributed by atoms with Crippen LogP contribution in [0.5, 0.6) is 0 Å². The van der Waals surface area contributed by atoms with Gasteiger partial charge in [-0.2, -0.15) is 0 Å². The molecule has 0 spiro atoms. The van der Waals surface area contributed by atoms with Crippen LogP contribution < -0.4 is 0 Å². The molecule has 0 fully saturated rings. The fraction of sp³-hybridized carbons (Fsp3) is 0.333. The maximum atomic E-state index is 10.1. The maximum absolute atomic E-state index is 10.1. The molecule has 0 bridgehead atoms. The number of aryl methyl sites for hydroxylation is 1. The molecule has 92 valence electrons. The van der Waals surface area contributed by atoms with Gasteiger partial charge in [-0.3, -0.25) is 0 Å². The first kappa shape index (κ1) is 13.3. The van der Waals surface area contributed by atoms with E-state index in [-0.39, 0.29) is 0 Å². The molecule has 0 aliphatic rings. The lowest BCUT2D eigenvalue weighted by Gasteiger charge is -2.05. The molecular formula is C12H12Br2O2S. The molecule has 2 nitrogen and oxygen atoms in total. The van der Waals surface area contributed by atoms with Gasteiger partial charge in [0.05, 0.1) is 4.47 Å². The number of hydrogen-bond donors (Lipinski definition) is 1. The summed E-state index contributed by atoms with van der Waals surface area (Å²) >= 11 is 8.34. The molecule has 1 N–H and O–H groups in total. The van der Waals surface area contributed by atoms with Crippen LogP contribution in [-0.2, 0) is 12.8 Å². The average Bonchev–Trinajstić information content (AvgIpc) is 2.87. The first-order valence-corrected chi connectivity index (χ1v) is 7.70. The number of aliphatic hydroxyl groups excluding tert-OH is 1. The van der Waals surface area contributed by atoms with Crippen LogP contribution in [-0.4, -0.2) is 5.11 Å². The SMILES string of the molecule is CCc1ccc(CC(O)c2cc(Br)c(Br)o2)s1. The summed E-state index contributed by atoms with van der Waals surface area (Å²) < 4.78 is 6.85. The molecular weight excluding hydrogens is 368 g/mol. The predicted octanol–water partition coefficient (Wildman–Crippen LogP) is 4.70. The highest BCUT2D eigenvalue weighted by molar-refractivity contribution is 9.13. The third-order valence-electron chi connectivity index (χ3n) is 2.45. The van der Waals surface area contributed by atoms with Gasteiger partial charge < -0.3 is 9.52 Å². The van der Waals surface area contributed by atoms with Gasteiger partial charge in [-0.15, -0.1) is 11.3 Å². The van der Waals surface area contributed by atoms with E-state index in [1.807, 2.05) is 0 Å². The minimum Gasteiger partial charge on any atom is -0.450 e. The van der Waals surface area contributed by atoms with E-state index < -0.39 is 6.10 Å². The lowest BCUT2D eigenvalue weighted by atomic mass is 10.2. The van der Waals surface area contributed by atoms with E-state index in [2.05, 4.69) is 50.9 Å². The van der Waals surface area contributed by atoms with Crippen molar-refractivity contribution < 1.29 is 9.52 Å². The Bertz CT molecular complexity index is 485. The summed E-state index contributed by atoms with van der Waals surface area (Å²) in [5.74, 6) is 0.579. The van der Waals surface area contributed by atoms with E-state index in [1.165, 1.54) is 9.75 Å². The lowest BCUT2D eigenvalue weighted by Crippen LogP contribution is -1.98. The Morgan fingerprint density at radius 2 is 2.06 bits per heavy atom. The highest BCUT2D eigenvalue weighted by Crippen LogP contribution is 2.32. The normalized spacial score (nSPS) is 12.9. The van der Waals surface area contributed by atoms with Crippen LogP contribution in [0.4, 0.5) is 0 Å². The number of aliphatic hydroxyl groups is 1. The number of halogens is 2. The number of furan rings is 1. The molecule has 0 saturated heterocycles. The van der Waals surface area contributed by atoms with Crippen molar-refractivity contribution in [2.75, 3.05) is 0 Å². The van der Waals surface area contributed by atoms with Gasteiger partial charge in [0.2, 0.25) is 0 Å². The van der Waals surface area contributed by atoms with Crippen LogP contribution in [0.2, 0.25) is 0 Å². The van der Waals surface area contributed by atoms with Crippen molar-refractivity contribution in [3.05, 3.63) is 42.9 Å². The van der Waals surface area contributed by atoms with Crippen molar-refractivity contribution in [1.82, 2.24) is 0 Å². The second kappa shape index (κ2) is 5.69. The number of thiophene rings is 1. The van der Waals surface area contributed by atoms with Gasteiger partial charge in [-0.05, 0) is 56.5 Å². The largest absolute Gasteiger partial charge is 0.450 e. The predicted molar refractivity (Wildman–Crippen MR) is 76.5 cm³/mol. The molecule has 0 aliphatic heterocycles. The van der Waals surface area contributed by atoms with Crippen LogP contribution >= 0.6 is 43.2 Å². The Hall–Kier alpha value is -0.100. The van der Waals surface area contributed by atoms with E-state index in [1.54, 1.807) is 17.4 Å². The van der Waals surface area contributed by atoms with Crippen molar-refractivity contribution in [3.8, 4) is 0 Å². The van der Waals surface area contributed by atoms with E-state index in [0.29, 0.717) is 16.9 Å². The van der Waals surface area contributed by atoms with E-state index in [4.69, 9.17) is 4.42 Å². The third kappa shape index (κ3) is 3.22. The summed E-state index contributed by atoms with van der Waals surface area (Å²) in [6.07, 6.45) is 1.04. The molecule has 0 aliphatic carbocycles. The van der Waals surface area contributed by atoms with Crippen LogP contribution in [0.1, 0.15) is 28.5 Å². The highest BCUT2D eigenvalue weighted by atomic mass is 79.9. The molecule has 5 heteroatoms. The van der Waals surface area contributed by atoms with Crippen LogP contribution in [0.3, 0.4) is 0 Å². The molecule has 17 heavy (non-hydrogen) atoms. The van der Waals surface area contributed by atoms with Crippen molar-refractivity contribution in [2.45, 2.75) is 25.9 Å². The van der Waals surface area contributed by atoms with Crippen LogP contribution in [0.15, 0.2) is 31.8 Å². The summed E-state index contributed by atoms with van der Waals surface area (Å²) in [7, 11) is 0. The Kier molecular flexibility index (Phi) is 4.47. The molecule has 0 amide bonds. The van der Waals surface area contributed by atoms with Gasteiger partial charge in [0, 0.05) is 16.2 Å². The molecule has 2 heterocycles. The van der Waals surface area contributed by atoms with Gasteiger partial charge in [0.1, 0.15) is 11.9 Å². The quantitative estimate of drug-likeness (QED) is 0.834. The number of hydrogen-bond acceptors (Lipinski definition) is 3. The van der Waals surface area contributed by atoms with Crippen LogP contribution in [0, 0.1) is 0 Å². The monoisotopic (exact) mass is 378 g/mol. The van der Waals surface area contributed by atoms with Crippen molar-refractivity contribution >= 4 is 43.2 Å². The summed E-state index contributed by atoms with van der Waals surface area (Å²) in [6.45, 7) is 2.13. The molecule has 2 aromatic heterocycles. The van der Waals surface area contributed by atoms with E-state index in [9.17, 15) is 5.11 Å². The maximum Gasteiger partial charge on any atom is 0.183 e. The molecule has 2 aromatic rings. The molecule has 0 aromatic carbocycles. The summed E-state index contributed by atoms with van der Waals surface area (Å²) in [6, 6.07) is 5.98. The zero-order valence-corrected chi connectivity index (χ0v) is 13.2. The second-order valence-electron chi connectivity index (χ2n) is 3.71. The summed E-state index contributed by atoms with van der Waals surface area (Å²) in [5, 5.41) is 10.1. The Labute approximate surface area is 121 Å². The van der Waals surface area contributed by atoms with Gasteiger partial charge in [-0.1, -0.05) is 6.92 Å². The third-order valence-corrected chi connectivity index (χ3v) is 5.41. The zero-order chi connectivity index (χ0) is 12.4. The van der Waals surface area contributed by atoms with Gasteiger partial charge in [0.25, 0.3) is 0 Å². The minimum absolute atomic E-state index is 0.579.